The maximum Gasteiger partial charge on any atom is 0.228 e. The molecule has 2 heterocycles. The summed E-state index contributed by atoms with van der Waals surface area (Å²) in [6.45, 7) is 4.37. The maximum atomic E-state index is 11.6. The molecule has 1 aromatic rings. The first kappa shape index (κ1) is 14.9. The first-order valence-corrected chi connectivity index (χ1v) is 8.94. The number of piperazine rings is 1. The van der Waals surface area contributed by atoms with Crippen molar-refractivity contribution in [3.63, 3.8) is 0 Å². The van der Waals surface area contributed by atoms with Crippen molar-refractivity contribution >= 4 is 11.7 Å². The van der Waals surface area contributed by atoms with Crippen LogP contribution in [0.25, 0.3) is 0 Å². The topological polar surface area (TPSA) is 62.5 Å². The second-order valence-corrected chi connectivity index (χ2v) is 7.31. The molecule has 5 nitrogen and oxygen atoms in total. The fourth-order valence-corrected chi connectivity index (χ4v) is 4.24. The van der Waals surface area contributed by atoms with Gasteiger partial charge in [0.15, 0.2) is 0 Å². The van der Waals surface area contributed by atoms with Crippen LogP contribution in [0, 0.1) is 0 Å². The van der Waals surface area contributed by atoms with Gasteiger partial charge in [-0.05, 0) is 37.3 Å². The summed E-state index contributed by atoms with van der Waals surface area (Å²) in [5.74, 6) is 0.817. The Hall–Kier alpha value is -1.62. The van der Waals surface area contributed by atoms with Crippen molar-refractivity contribution in [1.82, 2.24) is 9.88 Å². The normalized spacial score (nSPS) is 24.8. The first-order chi connectivity index (χ1) is 11.2. The number of anilines is 1. The van der Waals surface area contributed by atoms with Crippen molar-refractivity contribution in [1.29, 1.82) is 0 Å². The lowest BCUT2D eigenvalue weighted by molar-refractivity contribution is -0.120. The van der Waals surface area contributed by atoms with Gasteiger partial charge in [-0.25, -0.2) is 4.98 Å². The zero-order valence-corrected chi connectivity index (χ0v) is 13.7. The number of carbonyl (C=O) groups excluding carboxylic acids is 1. The average molecular weight is 314 g/mol. The number of nitrogens with zero attached hydrogens (tertiary/aromatic N) is 3. The van der Waals surface area contributed by atoms with E-state index in [1.165, 1.54) is 25.7 Å². The fourth-order valence-electron chi connectivity index (χ4n) is 4.24. The van der Waals surface area contributed by atoms with Crippen molar-refractivity contribution in [3.05, 3.63) is 23.9 Å². The van der Waals surface area contributed by atoms with Crippen LogP contribution in [0.5, 0.6) is 0 Å². The Labute approximate surface area is 137 Å². The van der Waals surface area contributed by atoms with Gasteiger partial charge in [0.2, 0.25) is 5.91 Å². The zero-order valence-electron chi connectivity index (χ0n) is 13.7. The van der Waals surface area contributed by atoms with Gasteiger partial charge in [0.25, 0.3) is 0 Å². The minimum atomic E-state index is -0.424. The summed E-state index contributed by atoms with van der Waals surface area (Å²) in [5.41, 5.74) is 6.10. The minimum absolute atomic E-state index is 0.211. The Morgan fingerprint density at radius 3 is 2.35 bits per heavy atom. The number of rotatable bonds is 4. The Balaban J connectivity index is 1.39. The molecule has 2 aliphatic carbocycles. The molecular formula is C18H26N4O. The molecule has 1 amide bonds. The van der Waals surface area contributed by atoms with Crippen LogP contribution in [0.4, 0.5) is 5.82 Å². The van der Waals surface area contributed by atoms with Crippen LogP contribution in [-0.4, -0.2) is 48.0 Å². The van der Waals surface area contributed by atoms with Crippen molar-refractivity contribution in [2.24, 2.45) is 5.73 Å². The molecule has 0 aromatic carbocycles. The number of nitrogens with two attached hydrogens (primary N) is 1. The highest BCUT2D eigenvalue weighted by molar-refractivity contribution is 5.89. The Bertz CT molecular complexity index is 567. The summed E-state index contributed by atoms with van der Waals surface area (Å²) in [6, 6.07) is 4.92. The second-order valence-electron chi connectivity index (χ2n) is 7.31. The van der Waals surface area contributed by atoms with Gasteiger partial charge in [-0.15, -0.1) is 0 Å². The monoisotopic (exact) mass is 314 g/mol. The molecule has 5 heteroatoms. The molecule has 124 valence electrons. The molecule has 0 radical (unpaired) electrons. The molecule has 0 atom stereocenters. The molecular weight excluding hydrogens is 288 g/mol. The van der Waals surface area contributed by atoms with Gasteiger partial charge in [-0.2, -0.15) is 0 Å². The number of primary amides is 1. The van der Waals surface area contributed by atoms with Gasteiger partial charge in [-0.3, -0.25) is 9.69 Å². The molecule has 0 bridgehead atoms. The van der Waals surface area contributed by atoms with E-state index in [4.69, 9.17) is 5.73 Å². The molecule has 23 heavy (non-hydrogen) atoms. The van der Waals surface area contributed by atoms with Crippen molar-refractivity contribution in [2.75, 3.05) is 31.1 Å². The van der Waals surface area contributed by atoms with Crippen molar-refractivity contribution in [3.8, 4) is 0 Å². The minimum Gasteiger partial charge on any atom is -0.369 e. The summed E-state index contributed by atoms with van der Waals surface area (Å²) in [5, 5.41) is 0. The van der Waals surface area contributed by atoms with Crippen LogP contribution in [0.15, 0.2) is 18.3 Å². The predicted molar refractivity (Wildman–Crippen MR) is 90.4 cm³/mol. The molecule has 2 saturated carbocycles. The maximum absolute atomic E-state index is 11.6. The molecule has 1 aliphatic heterocycles. The van der Waals surface area contributed by atoms with Gasteiger partial charge in [-0.1, -0.05) is 18.9 Å². The Morgan fingerprint density at radius 2 is 1.83 bits per heavy atom. The highest BCUT2D eigenvalue weighted by Gasteiger charge is 2.50. The van der Waals surface area contributed by atoms with E-state index in [2.05, 4.69) is 20.9 Å². The number of hydrogen-bond donors (Lipinski definition) is 1. The van der Waals surface area contributed by atoms with E-state index in [-0.39, 0.29) is 5.91 Å². The number of aromatic nitrogens is 1. The van der Waals surface area contributed by atoms with E-state index >= 15 is 0 Å². The second kappa shape index (κ2) is 5.78. The molecule has 2 N–H and O–H groups in total. The van der Waals surface area contributed by atoms with Gasteiger partial charge >= 0.3 is 0 Å². The Morgan fingerprint density at radius 1 is 1.13 bits per heavy atom. The van der Waals surface area contributed by atoms with E-state index in [0.717, 1.165) is 56.4 Å². The molecule has 1 saturated heterocycles. The van der Waals surface area contributed by atoms with E-state index in [9.17, 15) is 4.79 Å². The summed E-state index contributed by atoms with van der Waals surface area (Å²) in [6.07, 6.45) is 9.14. The molecule has 0 unspecified atom stereocenters. The van der Waals surface area contributed by atoms with E-state index < -0.39 is 5.41 Å². The predicted octanol–water partition coefficient (Wildman–Crippen LogP) is 1.66. The Kier molecular flexibility index (Phi) is 3.76. The van der Waals surface area contributed by atoms with E-state index in [1.54, 1.807) is 0 Å². The van der Waals surface area contributed by atoms with Gasteiger partial charge in [0, 0.05) is 38.4 Å². The number of amides is 1. The van der Waals surface area contributed by atoms with E-state index in [1.807, 2.05) is 12.3 Å². The van der Waals surface area contributed by atoms with Crippen LogP contribution >= 0.6 is 0 Å². The quantitative estimate of drug-likeness (QED) is 0.918. The van der Waals surface area contributed by atoms with Crippen LogP contribution in [-0.2, 0) is 10.2 Å². The molecule has 3 aliphatic rings. The fraction of sp³-hybridized carbons (Fsp3) is 0.667. The highest BCUT2D eigenvalue weighted by atomic mass is 16.1. The van der Waals surface area contributed by atoms with Gasteiger partial charge < -0.3 is 10.6 Å². The molecule has 0 spiro atoms. The summed E-state index contributed by atoms with van der Waals surface area (Å²) >= 11 is 0. The number of carbonyl (C=O) groups is 1. The number of pyridine rings is 1. The lowest BCUT2D eigenvalue weighted by Gasteiger charge is -2.38. The van der Waals surface area contributed by atoms with Crippen LogP contribution < -0.4 is 10.6 Å². The lowest BCUT2D eigenvalue weighted by Crippen LogP contribution is -2.50. The lowest BCUT2D eigenvalue weighted by atomic mass is 9.97. The summed E-state index contributed by atoms with van der Waals surface area (Å²) in [7, 11) is 0. The molecule has 1 aromatic heterocycles. The highest BCUT2D eigenvalue weighted by Crippen LogP contribution is 2.47. The van der Waals surface area contributed by atoms with Crippen LogP contribution in [0.1, 0.15) is 44.1 Å². The average Bonchev–Trinajstić information content (AvgIpc) is 3.23. The third-order valence-corrected chi connectivity index (χ3v) is 6.00. The number of hydrogen-bond acceptors (Lipinski definition) is 4. The third-order valence-electron chi connectivity index (χ3n) is 6.00. The summed E-state index contributed by atoms with van der Waals surface area (Å²) in [4.78, 5) is 21.2. The standard InChI is InChI=1S/C18H26N4O/c19-17(23)18(7-8-18)14-5-6-16(20-13-14)22-11-9-21(10-12-22)15-3-1-2-4-15/h5-6,13,15H,1-4,7-12H2,(H2,19,23). The largest absolute Gasteiger partial charge is 0.369 e. The van der Waals surface area contributed by atoms with Crippen LogP contribution in [0.2, 0.25) is 0 Å². The third kappa shape index (κ3) is 2.71. The summed E-state index contributed by atoms with van der Waals surface area (Å²) < 4.78 is 0. The van der Waals surface area contributed by atoms with Gasteiger partial charge in [0.05, 0.1) is 5.41 Å². The van der Waals surface area contributed by atoms with Gasteiger partial charge in [0.1, 0.15) is 5.82 Å². The van der Waals surface area contributed by atoms with E-state index in [0.29, 0.717) is 0 Å². The zero-order chi connectivity index (χ0) is 15.9. The van der Waals surface area contributed by atoms with Crippen molar-refractivity contribution in [2.45, 2.75) is 50.0 Å². The SMILES string of the molecule is NC(=O)C1(c2ccc(N3CCN(C4CCCC4)CC3)nc2)CC1. The first-order valence-electron chi connectivity index (χ1n) is 8.94. The molecule has 3 fully saturated rings. The smallest absolute Gasteiger partial charge is 0.228 e. The molecule has 4 rings (SSSR count). The van der Waals surface area contributed by atoms with Crippen molar-refractivity contribution < 1.29 is 4.79 Å². The van der Waals surface area contributed by atoms with Crippen LogP contribution in [0.3, 0.4) is 0 Å².